The van der Waals surface area contributed by atoms with Gasteiger partial charge in [0.05, 0.1) is 0 Å². The summed E-state index contributed by atoms with van der Waals surface area (Å²) in [5, 5.41) is 0. The molecule has 2 N–H and O–H groups in total. The van der Waals surface area contributed by atoms with Crippen molar-refractivity contribution >= 4 is 16.8 Å². The van der Waals surface area contributed by atoms with Crippen molar-refractivity contribution in [1.29, 1.82) is 0 Å². The van der Waals surface area contributed by atoms with Gasteiger partial charge in [-0.15, -0.1) is 0 Å². The number of anilines is 1. The van der Waals surface area contributed by atoms with Crippen molar-refractivity contribution in [2.45, 2.75) is 13.5 Å². The number of rotatable bonds is 2. The second-order valence-electron chi connectivity index (χ2n) is 4.46. The van der Waals surface area contributed by atoms with Crippen molar-refractivity contribution in [2.24, 2.45) is 0 Å². The number of pyridine rings is 1. The summed E-state index contributed by atoms with van der Waals surface area (Å²) in [6.07, 6.45) is 1.72. The van der Waals surface area contributed by atoms with Crippen LogP contribution in [0, 0.1) is 6.92 Å². The molecule has 0 aliphatic heterocycles. The molecule has 0 bridgehead atoms. The maximum absolute atomic E-state index is 11.9. The first kappa shape index (κ1) is 11.5. The van der Waals surface area contributed by atoms with Gasteiger partial charge in [0, 0.05) is 17.4 Å². The van der Waals surface area contributed by atoms with Crippen LogP contribution in [0.15, 0.2) is 45.7 Å². The third kappa shape index (κ3) is 2.10. The number of fused-ring (bicyclic) bond motifs is 1. The van der Waals surface area contributed by atoms with Crippen molar-refractivity contribution in [3.05, 3.63) is 58.3 Å². The van der Waals surface area contributed by atoms with E-state index in [1.165, 1.54) is 0 Å². The molecule has 96 valence electrons. The van der Waals surface area contributed by atoms with Gasteiger partial charge in [0.2, 0.25) is 5.89 Å². The van der Waals surface area contributed by atoms with E-state index in [1.54, 1.807) is 42.0 Å². The largest absolute Gasteiger partial charge is 0.439 e. The Morgan fingerprint density at radius 3 is 3.05 bits per heavy atom. The minimum Gasteiger partial charge on any atom is -0.439 e. The summed E-state index contributed by atoms with van der Waals surface area (Å²) in [5.41, 5.74) is 8.37. The number of oxazole rings is 1. The van der Waals surface area contributed by atoms with E-state index in [9.17, 15) is 4.79 Å². The molecule has 0 aliphatic carbocycles. The standard InChI is InChI=1S/C14H13N3O2/c1-9-3-2-6-17(14(9)18)8-13-16-11-7-10(15)4-5-12(11)19-13/h2-7H,8,15H2,1H3. The smallest absolute Gasteiger partial charge is 0.253 e. The molecule has 3 aromatic rings. The van der Waals surface area contributed by atoms with Crippen molar-refractivity contribution in [3.63, 3.8) is 0 Å². The third-order valence-electron chi connectivity index (χ3n) is 2.97. The van der Waals surface area contributed by atoms with Crippen LogP contribution in [0.2, 0.25) is 0 Å². The minimum atomic E-state index is -0.0377. The van der Waals surface area contributed by atoms with E-state index in [2.05, 4.69) is 4.98 Å². The van der Waals surface area contributed by atoms with Crippen LogP contribution in [-0.4, -0.2) is 9.55 Å². The van der Waals surface area contributed by atoms with Gasteiger partial charge in [-0.05, 0) is 31.2 Å². The van der Waals surface area contributed by atoms with Gasteiger partial charge in [-0.2, -0.15) is 0 Å². The lowest BCUT2D eigenvalue weighted by Crippen LogP contribution is -2.21. The quantitative estimate of drug-likeness (QED) is 0.710. The molecule has 0 fully saturated rings. The number of nitrogens with zero attached hydrogens (tertiary/aromatic N) is 2. The first-order valence-corrected chi connectivity index (χ1v) is 5.94. The van der Waals surface area contributed by atoms with Crippen molar-refractivity contribution in [3.8, 4) is 0 Å². The Labute approximate surface area is 109 Å². The Bertz CT molecular complexity index is 802. The van der Waals surface area contributed by atoms with Crippen LogP contribution in [0.4, 0.5) is 5.69 Å². The first-order chi connectivity index (χ1) is 9.13. The summed E-state index contributed by atoms with van der Waals surface area (Å²) in [4.78, 5) is 16.2. The maximum atomic E-state index is 11.9. The number of nitrogen functional groups attached to an aromatic ring is 1. The van der Waals surface area contributed by atoms with Gasteiger partial charge in [-0.1, -0.05) is 6.07 Å². The van der Waals surface area contributed by atoms with E-state index < -0.39 is 0 Å². The molecule has 0 saturated heterocycles. The number of nitrogens with two attached hydrogens (primary N) is 1. The van der Waals surface area contributed by atoms with Gasteiger partial charge in [0.25, 0.3) is 5.56 Å². The molecular formula is C14H13N3O2. The highest BCUT2D eigenvalue weighted by Crippen LogP contribution is 2.18. The second kappa shape index (κ2) is 4.28. The molecule has 0 aliphatic rings. The van der Waals surface area contributed by atoms with E-state index in [1.807, 2.05) is 6.07 Å². The summed E-state index contributed by atoms with van der Waals surface area (Å²) in [6.45, 7) is 2.10. The van der Waals surface area contributed by atoms with E-state index in [0.29, 0.717) is 34.8 Å². The number of aryl methyl sites for hydroxylation is 1. The fourth-order valence-electron chi connectivity index (χ4n) is 1.99. The molecule has 0 radical (unpaired) electrons. The third-order valence-corrected chi connectivity index (χ3v) is 2.97. The normalized spacial score (nSPS) is 11.0. The molecule has 0 amide bonds. The lowest BCUT2D eigenvalue weighted by Gasteiger charge is -2.02. The van der Waals surface area contributed by atoms with Crippen molar-refractivity contribution < 1.29 is 4.42 Å². The Balaban J connectivity index is 2.01. The minimum absolute atomic E-state index is 0.0377. The molecule has 1 aromatic carbocycles. The Kier molecular flexibility index (Phi) is 2.59. The fourth-order valence-corrected chi connectivity index (χ4v) is 1.99. The Morgan fingerprint density at radius 1 is 1.37 bits per heavy atom. The molecule has 19 heavy (non-hydrogen) atoms. The summed E-state index contributed by atoms with van der Waals surface area (Å²) in [6, 6.07) is 8.90. The van der Waals surface area contributed by atoms with E-state index >= 15 is 0 Å². The number of hydrogen-bond acceptors (Lipinski definition) is 4. The molecule has 0 saturated carbocycles. The van der Waals surface area contributed by atoms with E-state index in [0.717, 1.165) is 0 Å². The lowest BCUT2D eigenvalue weighted by molar-refractivity contribution is 0.503. The Morgan fingerprint density at radius 2 is 2.21 bits per heavy atom. The molecule has 2 aromatic heterocycles. The molecule has 0 spiro atoms. The molecule has 5 heteroatoms. The van der Waals surface area contributed by atoms with Crippen molar-refractivity contribution in [1.82, 2.24) is 9.55 Å². The highest BCUT2D eigenvalue weighted by molar-refractivity contribution is 5.76. The Hall–Kier alpha value is -2.56. The van der Waals surface area contributed by atoms with Gasteiger partial charge in [-0.3, -0.25) is 4.79 Å². The number of aromatic nitrogens is 2. The van der Waals surface area contributed by atoms with Crippen LogP contribution in [0.1, 0.15) is 11.5 Å². The zero-order chi connectivity index (χ0) is 13.4. The van der Waals surface area contributed by atoms with Crippen LogP contribution in [0.3, 0.4) is 0 Å². The summed E-state index contributed by atoms with van der Waals surface area (Å²) in [7, 11) is 0. The fraction of sp³-hybridized carbons (Fsp3) is 0.143. The molecular weight excluding hydrogens is 242 g/mol. The van der Waals surface area contributed by atoms with Crippen LogP contribution in [-0.2, 0) is 6.54 Å². The van der Waals surface area contributed by atoms with E-state index in [4.69, 9.17) is 10.2 Å². The number of hydrogen-bond donors (Lipinski definition) is 1. The predicted octanol–water partition coefficient (Wildman–Crippen LogP) is 1.93. The summed E-state index contributed by atoms with van der Waals surface area (Å²) < 4.78 is 7.17. The van der Waals surface area contributed by atoms with Gasteiger partial charge >= 0.3 is 0 Å². The van der Waals surface area contributed by atoms with Crippen LogP contribution < -0.4 is 11.3 Å². The van der Waals surface area contributed by atoms with Gasteiger partial charge in [0.1, 0.15) is 12.1 Å². The number of benzene rings is 1. The van der Waals surface area contributed by atoms with Crippen LogP contribution in [0.25, 0.3) is 11.1 Å². The van der Waals surface area contributed by atoms with Crippen LogP contribution >= 0.6 is 0 Å². The SMILES string of the molecule is Cc1cccn(Cc2nc3cc(N)ccc3o2)c1=O. The van der Waals surface area contributed by atoms with Gasteiger partial charge < -0.3 is 14.7 Å². The van der Waals surface area contributed by atoms with Gasteiger partial charge in [0.15, 0.2) is 5.58 Å². The van der Waals surface area contributed by atoms with Crippen LogP contribution in [0.5, 0.6) is 0 Å². The lowest BCUT2D eigenvalue weighted by atomic mass is 10.3. The average Bonchev–Trinajstić information content (AvgIpc) is 2.76. The molecule has 2 heterocycles. The molecule has 5 nitrogen and oxygen atoms in total. The second-order valence-corrected chi connectivity index (χ2v) is 4.46. The molecule has 3 rings (SSSR count). The maximum Gasteiger partial charge on any atom is 0.253 e. The summed E-state index contributed by atoms with van der Waals surface area (Å²) in [5.74, 6) is 0.494. The monoisotopic (exact) mass is 255 g/mol. The average molecular weight is 255 g/mol. The molecule has 0 unspecified atom stereocenters. The molecule has 0 atom stereocenters. The van der Waals surface area contributed by atoms with E-state index in [-0.39, 0.29) is 5.56 Å². The van der Waals surface area contributed by atoms with Crippen molar-refractivity contribution in [2.75, 3.05) is 5.73 Å². The van der Waals surface area contributed by atoms with Gasteiger partial charge in [-0.25, -0.2) is 4.98 Å². The zero-order valence-electron chi connectivity index (χ0n) is 10.5. The zero-order valence-corrected chi connectivity index (χ0v) is 10.5. The summed E-state index contributed by atoms with van der Waals surface area (Å²) >= 11 is 0. The first-order valence-electron chi connectivity index (χ1n) is 5.94. The highest BCUT2D eigenvalue weighted by atomic mass is 16.3. The predicted molar refractivity (Wildman–Crippen MR) is 73.0 cm³/mol. The highest BCUT2D eigenvalue weighted by Gasteiger charge is 2.08. The topological polar surface area (TPSA) is 74.1 Å².